The largest absolute Gasteiger partial charge is 0.508 e. The number of allylic oxidation sites excluding steroid dienone is 2. The van der Waals surface area contributed by atoms with E-state index in [0.717, 1.165) is 30.4 Å². The second-order valence-electron chi connectivity index (χ2n) is 5.60. The first-order valence-electron chi connectivity index (χ1n) is 7.73. The Balaban J connectivity index is 2.03. The van der Waals surface area contributed by atoms with Gasteiger partial charge in [-0.3, -0.25) is 9.59 Å². The van der Waals surface area contributed by atoms with Gasteiger partial charge in [0.15, 0.2) is 11.6 Å². The zero-order chi connectivity index (χ0) is 20.0. The molecule has 3 nitrogen and oxygen atoms in total. The molecule has 0 aromatic heterocycles. The van der Waals surface area contributed by atoms with E-state index in [9.17, 15) is 27.2 Å². The van der Waals surface area contributed by atoms with Gasteiger partial charge in [0.05, 0.1) is 12.0 Å². The van der Waals surface area contributed by atoms with E-state index in [1.54, 1.807) is 12.1 Å². The molecule has 0 radical (unpaired) electrons. The van der Waals surface area contributed by atoms with Crippen LogP contribution in [0.3, 0.4) is 0 Å². The van der Waals surface area contributed by atoms with Gasteiger partial charge in [-0.05, 0) is 47.5 Å². The molecular weight excluding hydrogens is 364 g/mol. The van der Waals surface area contributed by atoms with Gasteiger partial charge in [0.25, 0.3) is 0 Å². The van der Waals surface area contributed by atoms with E-state index in [0.29, 0.717) is 11.6 Å². The van der Waals surface area contributed by atoms with E-state index in [-0.39, 0.29) is 11.3 Å². The van der Waals surface area contributed by atoms with Gasteiger partial charge in [-0.15, -0.1) is 0 Å². The molecule has 2 aromatic rings. The van der Waals surface area contributed by atoms with Crippen LogP contribution in [0.1, 0.15) is 23.1 Å². The van der Waals surface area contributed by atoms with Crippen LogP contribution in [0.15, 0.2) is 54.6 Å². The molecular formula is C20H14F4O3. The topological polar surface area (TPSA) is 54.4 Å². The minimum Gasteiger partial charge on any atom is -0.508 e. The summed E-state index contributed by atoms with van der Waals surface area (Å²) in [5.74, 6) is -2.20. The Morgan fingerprint density at radius 1 is 0.926 bits per heavy atom. The summed E-state index contributed by atoms with van der Waals surface area (Å²) < 4.78 is 51.7. The van der Waals surface area contributed by atoms with Gasteiger partial charge in [0.1, 0.15) is 11.6 Å². The molecule has 0 spiro atoms. The van der Waals surface area contributed by atoms with Crippen molar-refractivity contribution in [2.24, 2.45) is 0 Å². The number of aromatic hydroxyl groups is 1. The quantitative estimate of drug-likeness (QED) is 0.446. The van der Waals surface area contributed by atoms with E-state index in [2.05, 4.69) is 0 Å². The molecule has 0 heterocycles. The standard InChI is InChI=1S/C20H14F4O3/c21-15-6-4-14(19(11-15)20(22,23)24)5-10-18(27)12-17(26)9-3-13-1-7-16(25)8-2-13/h1-11,25H,12H2. The van der Waals surface area contributed by atoms with Crippen LogP contribution in [0.5, 0.6) is 5.75 Å². The molecule has 2 rings (SSSR count). The predicted molar refractivity (Wildman–Crippen MR) is 92.2 cm³/mol. The van der Waals surface area contributed by atoms with Crippen molar-refractivity contribution in [3.05, 3.63) is 77.1 Å². The van der Waals surface area contributed by atoms with E-state index in [1.165, 1.54) is 18.2 Å². The minimum atomic E-state index is -4.77. The molecule has 0 amide bonds. The van der Waals surface area contributed by atoms with Crippen molar-refractivity contribution in [1.82, 2.24) is 0 Å². The SMILES string of the molecule is O=C(C=Cc1ccc(O)cc1)CC(=O)C=Cc1ccc(F)cc1C(F)(F)F. The number of ketones is 2. The van der Waals surface area contributed by atoms with Crippen molar-refractivity contribution in [3.63, 3.8) is 0 Å². The second kappa shape index (κ2) is 8.44. The van der Waals surface area contributed by atoms with Gasteiger partial charge >= 0.3 is 6.18 Å². The number of phenols is 1. The average molecular weight is 378 g/mol. The number of benzene rings is 2. The Bertz CT molecular complexity index is 894. The van der Waals surface area contributed by atoms with Gasteiger partial charge in [-0.2, -0.15) is 13.2 Å². The highest BCUT2D eigenvalue weighted by Crippen LogP contribution is 2.33. The number of halogens is 4. The molecule has 1 N–H and O–H groups in total. The summed E-state index contributed by atoms with van der Waals surface area (Å²) in [5, 5.41) is 9.16. The number of hydrogen-bond acceptors (Lipinski definition) is 3. The maximum atomic E-state index is 13.0. The van der Waals surface area contributed by atoms with E-state index in [4.69, 9.17) is 5.11 Å². The Labute approximate surface area is 152 Å². The van der Waals surface area contributed by atoms with Gasteiger partial charge in [-0.1, -0.05) is 30.4 Å². The maximum absolute atomic E-state index is 13.0. The lowest BCUT2D eigenvalue weighted by Gasteiger charge is -2.10. The zero-order valence-electron chi connectivity index (χ0n) is 13.8. The fourth-order valence-corrected chi connectivity index (χ4v) is 2.17. The third kappa shape index (κ3) is 6.22. The molecule has 2 aromatic carbocycles. The lowest BCUT2D eigenvalue weighted by molar-refractivity contribution is -0.138. The van der Waals surface area contributed by atoms with E-state index >= 15 is 0 Å². The summed E-state index contributed by atoms with van der Waals surface area (Å²) in [5.41, 5.74) is -0.945. The Hall–Kier alpha value is -3.22. The molecule has 0 saturated carbocycles. The fourth-order valence-electron chi connectivity index (χ4n) is 2.17. The highest BCUT2D eigenvalue weighted by molar-refractivity contribution is 6.10. The van der Waals surface area contributed by atoms with Crippen LogP contribution in [0, 0.1) is 5.82 Å². The summed E-state index contributed by atoms with van der Waals surface area (Å²) in [7, 11) is 0. The number of hydrogen-bond donors (Lipinski definition) is 1. The third-order valence-corrected chi connectivity index (χ3v) is 3.47. The number of alkyl halides is 3. The van der Waals surface area contributed by atoms with Crippen LogP contribution >= 0.6 is 0 Å². The van der Waals surface area contributed by atoms with E-state index < -0.39 is 35.5 Å². The number of carbonyl (C=O) groups is 2. The van der Waals surface area contributed by atoms with Crippen LogP contribution in [-0.4, -0.2) is 16.7 Å². The molecule has 0 bridgehead atoms. The number of phenolic OH excluding ortho intramolecular Hbond substituents is 1. The predicted octanol–water partition coefficient (Wildman–Crippen LogP) is 4.81. The first-order valence-corrected chi connectivity index (χ1v) is 7.73. The molecule has 0 fully saturated rings. The van der Waals surface area contributed by atoms with Crippen LogP contribution in [0.2, 0.25) is 0 Å². The Morgan fingerprint density at radius 3 is 2.11 bits per heavy atom. The Kier molecular flexibility index (Phi) is 6.28. The highest BCUT2D eigenvalue weighted by Gasteiger charge is 2.33. The molecule has 0 aliphatic rings. The van der Waals surface area contributed by atoms with Crippen molar-refractivity contribution in [1.29, 1.82) is 0 Å². The average Bonchev–Trinajstić information content (AvgIpc) is 2.59. The first kappa shape index (κ1) is 20.1. The highest BCUT2D eigenvalue weighted by atomic mass is 19.4. The summed E-state index contributed by atoms with van der Waals surface area (Å²) in [6.07, 6.45) is -0.922. The van der Waals surface area contributed by atoms with Gasteiger partial charge < -0.3 is 5.11 Å². The third-order valence-electron chi connectivity index (χ3n) is 3.47. The smallest absolute Gasteiger partial charge is 0.417 e. The molecule has 0 aliphatic heterocycles. The lowest BCUT2D eigenvalue weighted by atomic mass is 10.0. The van der Waals surface area contributed by atoms with Crippen LogP contribution in [0.25, 0.3) is 12.2 Å². The van der Waals surface area contributed by atoms with E-state index in [1.807, 2.05) is 0 Å². The summed E-state index contributed by atoms with van der Waals surface area (Å²) in [6.45, 7) is 0. The summed E-state index contributed by atoms with van der Waals surface area (Å²) in [6, 6.07) is 8.09. The van der Waals surface area contributed by atoms with Crippen LogP contribution < -0.4 is 0 Å². The zero-order valence-corrected chi connectivity index (χ0v) is 13.8. The number of carbonyl (C=O) groups excluding carboxylic acids is 2. The minimum absolute atomic E-state index is 0.0674. The molecule has 0 aliphatic carbocycles. The van der Waals surface area contributed by atoms with Crippen molar-refractivity contribution in [2.75, 3.05) is 0 Å². The molecule has 0 saturated heterocycles. The molecule has 7 heteroatoms. The van der Waals surface area contributed by atoms with Gasteiger partial charge in [0.2, 0.25) is 0 Å². The maximum Gasteiger partial charge on any atom is 0.417 e. The fraction of sp³-hybridized carbons (Fsp3) is 0.100. The van der Waals surface area contributed by atoms with Gasteiger partial charge in [-0.25, -0.2) is 4.39 Å². The van der Waals surface area contributed by atoms with Gasteiger partial charge in [0, 0.05) is 0 Å². The normalized spacial score (nSPS) is 12.0. The van der Waals surface area contributed by atoms with Crippen molar-refractivity contribution < 1.29 is 32.3 Å². The second-order valence-corrected chi connectivity index (χ2v) is 5.60. The lowest BCUT2D eigenvalue weighted by Crippen LogP contribution is -2.08. The van der Waals surface area contributed by atoms with Crippen LogP contribution in [-0.2, 0) is 15.8 Å². The number of rotatable bonds is 6. The van der Waals surface area contributed by atoms with Crippen LogP contribution in [0.4, 0.5) is 17.6 Å². The summed E-state index contributed by atoms with van der Waals surface area (Å²) >= 11 is 0. The Morgan fingerprint density at radius 2 is 1.52 bits per heavy atom. The molecule has 0 atom stereocenters. The van der Waals surface area contributed by atoms with Crippen molar-refractivity contribution in [2.45, 2.75) is 12.6 Å². The molecule has 140 valence electrons. The van der Waals surface area contributed by atoms with Crippen molar-refractivity contribution in [3.8, 4) is 5.75 Å². The summed E-state index contributed by atoms with van der Waals surface area (Å²) in [4.78, 5) is 23.5. The molecule has 27 heavy (non-hydrogen) atoms. The molecule has 0 unspecified atom stereocenters. The first-order chi connectivity index (χ1) is 12.6. The monoisotopic (exact) mass is 378 g/mol. The van der Waals surface area contributed by atoms with Crippen molar-refractivity contribution >= 4 is 23.7 Å².